The molecule has 0 saturated heterocycles. The number of aromatic nitrogens is 3. The molecule has 1 aliphatic rings. The molecule has 8 heteroatoms. The van der Waals surface area contributed by atoms with E-state index in [0.29, 0.717) is 29.3 Å². The molecule has 3 aromatic rings. The van der Waals surface area contributed by atoms with E-state index in [4.69, 9.17) is 4.42 Å². The number of carbonyl (C=O) groups is 1. The first-order valence-corrected chi connectivity index (χ1v) is 11.9. The summed E-state index contributed by atoms with van der Waals surface area (Å²) in [6, 6.07) is 4.71. The molecular formula is C23H26N4O3S. The van der Waals surface area contributed by atoms with Gasteiger partial charge in [-0.15, -0.1) is 0 Å². The van der Waals surface area contributed by atoms with Crippen molar-refractivity contribution in [3.63, 3.8) is 0 Å². The molecule has 1 aliphatic carbocycles. The largest absolute Gasteiger partial charge is 0.465 e. The van der Waals surface area contributed by atoms with E-state index in [2.05, 4.69) is 20.3 Å². The first-order chi connectivity index (χ1) is 15.1. The minimum atomic E-state index is -0.383. The van der Waals surface area contributed by atoms with Crippen molar-refractivity contribution in [3.8, 4) is 11.4 Å². The normalized spacial score (nSPS) is 14.1. The van der Waals surface area contributed by atoms with Crippen LogP contribution in [0.5, 0.6) is 0 Å². The van der Waals surface area contributed by atoms with Gasteiger partial charge in [0.15, 0.2) is 0 Å². The number of H-pyrrole nitrogens is 1. The van der Waals surface area contributed by atoms with Gasteiger partial charge >= 0.3 is 0 Å². The van der Waals surface area contributed by atoms with E-state index in [1.165, 1.54) is 6.07 Å². The highest BCUT2D eigenvalue weighted by Crippen LogP contribution is 2.30. The second-order valence-corrected chi connectivity index (χ2v) is 8.70. The monoisotopic (exact) mass is 438 g/mol. The lowest BCUT2D eigenvalue weighted by Gasteiger charge is -2.19. The number of fused-ring (bicyclic) bond motifs is 1. The number of aromatic amines is 1. The molecule has 31 heavy (non-hydrogen) atoms. The van der Waals surface area contributed by atoms with Crippen LogP contribution in [0.25, 0.3) is 11.4 Å². The van der Waals surface area contributed by atoms with Crippen LogP contribution in [0.3, 0.4) is 0 Å². The molecule has 0 aromatic carbocycles. The number of thioether (sulfide) groups is 1. The second kappa shape index (κ2) is 9.51. The van der Waals surface area contributed by atoms with Gasteiger partial charge in [-0.05, 0) is 56.7 Å². The van der Waals surface area contributed by atoms with Crippen LogP contribution in [-0.4, -0.2) is 32.9 Å². The van der Waals surface area contributed by atoms with Crippen molar-refractivity contribution in [3.05, 3.63) is 69.3 Å². The molecular weight excluding hydrogens is 412 g/mol. The molecule has 4 rings (SSSR count). The number of aryl methyl sites for hydroxylation is 2. The van der Waals surface area contributed by atoms with E-state index in [1.54, 1.807) is 30.2 Å². The van der Waals surface area contributed by atoms with Crippen LogP contribution >= 0.6 is 11.8 Å². The van der Waals surface area contributed by atoms with Gasteiger partial charge in [-0.3, -0.25) is 14.6 Å². The van der Waals surface area contributed by atoms with Gasteiger partial charge < -0.3 is 14.7 Å². The third-order valence-electron chi connectivity index (χ3n) is 5.54. The van der Waals surface area contributed by atoms with Crippen molar-refractivity contribution in [1.82, 2.24) is 20.3 Å². The number of amides is 1. The van der Waals surface area contributed by atoms with E-state index in [1.807, 2.05) is 19.2 Å². The van der Waals surface area contributed by atoms with E-state index in [9.17, 15) is 9.59 Å². The van der Waals surface area contributed by atoms with Crippen LogP contribution < -0.4 is 10.9 Å². The Morgan fingerprint density at radius 3 is 2.97 bits per heavy atom. The van der Waals surface area contributed by atoms with Crippen LogP contribution in [-0.2, 0) is 12.8 Å². The Kier molecular flexibility index (Phi) is 6.56. The topological polar surface area (TPSA) is 101 Å². The Morgan fingerprint density at radius 1 is 1.35 bits per heavy atom. The van der Waals surface area contributed by atoms with Crippen LogP contribution in [0.2, 0.25) is 0 Å². The average molecular weight is 439 g/mol. The molecule has 3 aromatic heterocycles. The van der Waals surface area contributed by atoms with Crippen LogP contribution in [0, 0.1) is 6.92 Å². The van der Waals surface area contributed by atoms with Gasteiger partial charge in [0.2, 0.25) is 0 Å². The molecule has 3 heterocycles. The number of nitrogens with one attached hydrogen (secondary N) is 2. The van der Waals surface area contributed by atoms with Crippen molar-refractivity contribution in [1.29, 1.82) is 0 Å². The van der Waals surface area contributed by atoms with E-state index < -0.39 is 0 Å². The van der Waals surface area contributed by atoms with Crippen molar-refractivity contribution < 1.29 is 9.21 Å². The fourth-order valence-electron chi connectivity index (χ4n) is 4.05. The Balaban J connectivity index is 1.66. The van der Waals surface area contributed by atoms with Crippen LogP contribution in [0.1, 0.15) is 58.4 Å². The lowest BCUT2D eigenvalue weighted by molar-refractivity contribution is 0.0932. The molecule has 7 nitrogen and oxygen atoms in total. The molecule has 0 radical (unpaired) electrons. The van der Waals surface area contributed by atoms with Gasteiger partial charge in [0.25, 0.3) is 11.5 Å². The third-order valence-corrected chi connectivity index (χ3v) is 6.19. The molecule has 0 saturated carbocycles. The summed E-state index contributed by atoms with van der Waals surface area (Å²) in [7, 11) is 0. The lowest BCUT2D eigenvalue weighted by atomic mass is 9.94. The third kappa shape index (κ3) is 4.74. The van der Waals surface area contributed by atoms with Gasteiger partial charge in [-0.2, -0.15) is 11.8 Å². The average Bonchev–Trinajstić information content (AvgIpc) is 3.12. The Bertz CT molecular complexity index is 1120. The van der Waals surface area contributed by atoms with Gasteiger partial charge in [-0.1, -0.05) is 0 Å². The fraction of sp³-hybridized carbons (Fsp3) is 0.391. The quantitative estimate of drug-likeness (QED) is 0.581. The Labute approximate surface area is 185 Å². The van der Waals surface area contributed by atoms with Crippen molar-refractivity contribution in [2.24, 2.45) is 0 Å². The molecule has 0 aliphatic heterocycles. The van der Waals surface area contributed by atoms with Crippen molar-refractivity contribution in [2.45, 2.75) is 45.1 Å². The molecule has 0 bridgehead atoms. The van der Waals surface area contributed by atoms with Gasteiger partial charge in [-0.25, -0.2) is 4.98 Å². The summed E-state index contributed by atoms with van der Waals surface area (Å²) in [6.45, 7) is 1.84. The predicted octanol–water partition coefficient (Wildman–Crippen LogP) is 3.84. The van der Waals surface area contributed by atoms with Gasteiger partial charge in [0, 0.05) is 36.0 Å². The van der Waals surface area contributed by atoms with E-state index in [0.717, 1.165) is 48.3 Å². The Morgan fingerprint density at radius 2 is 2.19 bits per heavy atom. The summed E-state index contributed by atoms with van der Waals surface area (Å²) < 4.78 is 5.88. The lowest BCUT2D eigenvalue weighted by Crippen LogP contribution is -2.31. The van der Waals surface area contributed by atoms with E-state index >= 15 is 0 Å². The minimum absolute atomic E-state index is 0.166. The van der Waals surface area contributed by atoms with Crippen molar-refractivity contribution >= 4 is 17.7 Å². The number of rotatable bonds is 7. The first-order valence-electron chi connectivity index (χ1n) is 10.5. The van der Waals surface area contributed by atoms with Gasteiger partial charge in [0.1, 0.15) is 17.3 Å². The number of nitrogens with zero attached hydrogens (tertiary/aromatic N) is 2. The summed E-state index contributed by atoms with van der Waals surface area (Å²) in [4.78, 5) is 37.2. The molecule has 0 spiro atoms. The molecule has 1 atom stereocenters. The number of hydrogen-bond donors (Lipinski definition) is 2. The maximum absolute atomic E-state index is 13.3. The summed E-state index contributed by atoms with van der Waals surface area (Å²) in [5, 5.41) is 3.12. The summed E-state index contributed by atoms with van der Waals surface area (Å²) in [5.74, 6) is 2.69. The minimum Gasteiger partial charge on any atom is -0.465 e. The number of hydrogen-bond acceptors (Lipinski definition) is 6. The van der Waals surface area contributed by atoms with Crippen LogP contribution in [0.4, 0.5) is 0 Å². The summed E-state index contributed by atoms with van der Waals surface area (Å²) in [6.07, 6.45) is 9.89. The molecule has 162 valence electrons. The van der Waals surface area contributed by atoms with Crippen molar-refractivity contribution in [2.75, 3.05) is 12.0 Å². The van der Waals surface area contributed by atoms with Gasteiger partial charge in [0.05, 0.1) is 17.3 Å². The SMILES string of the molecule is CSCC[C@H](NC(=O)c1c(C)oc2c1CCCC2)c1cc(=O)[nH]c(-c2cccnc2)n1. The predicted molar refractivity (Wildman–Crippen MR) is 121 cm³/mol. The molecule has 0 unspecified atom stereocenters. The maximum Gasteiger partial charge on any atom is 0.255 e. The molecule has 0 fully saturated rings. The highest BCUT2D eigenvalue weighted by molar-refractivity contribution is 7.98. The van der Waals surface area contributed by atoms with E-state index in [-0.39, 0.29) is 17.5 Å². The number of pyridine rings is 1. The molecule has 1 amide bonds. The highest BCUT2D eigenvalue weighted by atomic mass is 32.2. The first kappa shape index (κ1) is 21.4. The fourth-order valence-corrected chi connectivity index (χ4v) is 4.53. The maximum atomic E-state index is 13.3. The smallest absolute Gasteiger partial charge is 0.255 e. The second-order valence-electron chi connectivity index (χ2n) is 7.71. The number of carbonyl (C=O) groups excluding carboxylic acids is 1. The standard InChI is InChI=1S/C23H26N4O3S/c1-14-21(16-7-3-4-8-19(16)30-14)23(29)26-17(9-11-31-2)18-12-20(28)27-22(25-18)15-6-5-10-24-13-15/h5-6,10,12-13,17H,3-4,7-9,11H2,1-2H3,(H,26,29)(H,25,27,28)/t17-/m0/s1. The zero-order valence-electron chi connectivity index (χ0n) is 17.7. The Hall–Kier alpha value is -2.87. The van der Waals surface area contributed by atoms with Crippen LogP contribution in [0.15, 0.2) is 39.8 Å². The zero-order valence-corrected chi connectivity index (χ0v) is 18.6. The summed E-state index contributed by atoms with van der Waals surface area (Å²) >= 11 is 1.69. The number of furan rings is 1. The zero-order chi connectivity index (χ0) is 21.8. The summed E-state index contributed by atoms with van der Waals surface area (Å²) in [5.41, 5.74) is 2.67. The highest BCUT2D eigenvalue weighted by Gasteiger charge is 2.27. The molecule has 2 N–H and O–H groups in total.